The lowest BCUT2D eigenvalue weighted by molar-refractivity contribution is 0.504. The van der Waals surface area contributed by atoms with Crippen molar-refractivity contribution in [2.75, 3.05) is 0 Å². The summed E-state index contributed by atoms with van der Waals surface area (Å²) >= 11 is 0. The Labute approximate surface area is 119 Å². The summed E-state index contributed by atoms with van der Waals surface area (Å²) in [5.41, 5.74) is 5.08. The van der Waals surface area contributed by atoms with Gasteiger partial charge in [0.2, 0.25) is 0 Å². The van der Waals surface area contributed by atoms with Gasteiger partial charge in [0.15, 0.2) is 0 Å². The fourth-order valence-electron chi connectivity index (χ4n) is 1.25. The number of hydrogen-bond acceptors (Lipinski definition) is 0. The highest BCUT2D eigenvalue weighted by Crippen LogP contribution is 2.25. The van der Waals surface area contributed by atoms with Gasteiger partial charge < -0.3 is 0 Å². The highest BCUT2D eigenvalue weighted by atomic mass is 14.2. The second-order valence-electron chi connectivity index (χ2n) is 5.89. The summed E-state index contributed by atoms with van der Waals surface area (Å²) in [6, 6.07) is 0. The fraction of sp³-hybridized carbons (Fsp3) is 0.368. The Balaban J connectivity index is 5.24. The molecule has 0 amide bonds. The molecular formula is C19H28. The topological polar surface area (TPSA) is 0 Å². The van der Waals surface area contributed by atoms with Crippen molar-refractivity contribution in [1.29, 1.82) is 0 Å². The van der Waals surface area contributed by atoms with E-state index in [9.17, 15) is 0 Å². The summed E-state index contributed by atoms with van der Waals surface area (Å²) in [5.74, 6) is 0. The first-order valence-corrected chi connectivity index (χ1v) is 6.72. The van der Waals surface area contributed by atoms with E-state index in [1.54, 1.807) is 0 Å². The molecule has 0 aromatic heterocycles. The summed E-state index contributed by atoms with van der Waals surface area (Å²) in [5, 5.41) is 0. The van der Waals surface area contributed by atoms with Crippen molar-refractivity contribution in [3.63, 3.8) is 0 Å². The molecule has 0 aromatic carbocycles. The third-order valence-corrected chi connectivity index (χ3v) is 3.29. The van der Waals surface area contributed by atoms with Crippen LogP contribution in [-0.2, 0) is 0 Å². The van der Waals surface area contributed by atoms with Crippen molar-refractivity contribution in [1.82, 2.24) is 0 Å². The Bertz CT molecular complexity index is 443. The molecule has 0 N–H and O–H groups in total. The summed E-state index contributed by atoms with van der Waals surface area (Å²) < 4.78 is 0. The minimum atomic E-state index is 0.208. The maximum Gasteiger partial charge on any atom is -0.0173 e. The van der Waals surface area contributed by atoms with Crippen LogP contribution in [0, 0.1) is 5.41 Å². The lowest BCUT2D eigenvalue weighted by Crippen LogP contribution is -2.05. The Hall–Kier alpha value is -1.56. The average Bonchev–Trinajstić information content (AvgIpc) is 2.34. The number of rotatable bonds is 5. The summed E-state index contributed by atoms with van der Waals surface area (Å²) in [7, 11) is 0. The third-order valence-electron chi connectivity index (χ3n) is 3.29. The molecule has 0 saturated heterocycles. The van der Waals surface area contributed by atoms with E-state index >= 15 is 0 Å². The molecule has 0 rings (SSSR count). The molecule has 0 bridgehead atoms. The fourth-order valence-corrected chi connectivity index (χ4v) is 1.25. The number of hydrogen-bond donors (Lipinski definition) is 0. The summed E-state index contributed by atoms with van der Waals surface area (Å²) in [6.45, 7) is 20.6. The van der Waals surface area contributed by atoms with Crippen molar-refractivity contribution in [3.05, 3.63) is 71.9 Å². The van der Waals surface area contributed by atoms with Gasteiger partial charge in [0, 0.05) is 0 Å². The zero-order chi connectivity index (χ0) is 15.1. The standard InChI is InChI=1S/C19H28/c1-9-15(3)11-12-16(4)18(10-2)14-13-17(5)19(6,7)8/h9-14H,1-2H2,3-8H3/b15-11+,16-12+,17-13+,18-14+. The Morgan fingerprint density at radius 1 is 0.789 bits per heavy atom. The van der Waals surface area contributed by atoms with Crippen LogP contribution in [0.4, 0.5) is 0 Å². The van der Waals surface area contributed by atoms with Crippen molar-refractivity contribution >= 4 is 0 Å². The minimum Gasteiger partial charge on any atom is -0.0988 e. The maximum absolute atomic E-state index is 3.89. The average molecular weight is 256 g/mol. The SMILES string of the molecule is C=C/C(C)=C/C=C(C)/C(C=C)=C/C=C(\C)C(C)(C)C. The lowest BCUT2D eigenvalue weighted by Gasteiger charge is -2.18. The van der Waals surface area contributed by atoms with Gasteiger partial charge in [-0.1, -0.05) is 81.5 Å². The Kier molecular flexibility index (Phi) is 7.14. The van der Waals surface area contributed by atoms with Gasteiger partial charge >= 0.3 is 0 Å². The molecule has 0 heterocycles. The molecule has 0 spiro atoms. The Morgan fingerprint density at radius 3 is 1.79 bits per heavy atom. The van der Waals surface area contributed by atoms with Crippen LogP contribution in [0.1, 0.15) is 41.5 Å². The van der Waals surface area contributed by atoms with Gasteiger partial charge in [-0.3, -0.25) is 0 Å². The van der Waals surface area contributed by atoms with Crippen molar-refractivity contribution < 1.29 is 0 Å². The van der Waals surface area contributed by atoms with Crippen LogP contribution in [0.3, 0.4) is 0 Å². The Morgan fingerprint density at radius 2 is 1.37 bits per heavy atom. The van der Waals surface area contributed by atoms with Crippen LogP contribution < -0.4 is 0 Å². The van der Waals surface area contributed by atoms with E-state index in [2.05, 4.69) is 72.1 Å². The third kappa shape index (κ3) is 6.81. The van der Waals surface area contributed by atoms with Crippen LogP contribution >= 0.6 is 0 Å². The number of allylic oxidation sites excluding steroid dienone is 10. The molecule has 104 valence electrons. The lowest BCUT2D eigenvalue weighted by atomic mass is 9.87. The van der Waals surface area contributed by atoms with Gasteiger partial charge in [-0.15, -0.1) is 0 Å². The molecule has 0 unspecified atom stereocenters. The van der Waals surface area contributed by atoms with Crippen LogP contribution in [0.2, 0.25) is 0 Å². The highest BCUT2D eigenvalue weighted by molar-refractivity contribution is 5.43. The van der Waals surface area contributed by atoms with Gasteiger partial charge in [0.25, 0.3) is 0 Å². The molecule has 0 saturated carbocycles. The molecule has 0 radical (unpaired) electrons. The monoisotopic (exact) mass is 256 g/mol. The van der Waals surface area contributed by atoms with Crippen LogP contribution in [0.5, 0.6) is 0 Å². The van der Waals surface area contributed by atoms with Gasteiger partial charge in [0.1, 0.15) is 0 Å². The van der Waals surface area contributed by atoms with E-state index in [0.29, 0.717) is 0 Å². The molecule has 19 heavy (non-hydrogen) atoms. The molecule has 0 heteroatoms. The molecule has 0 nitrogen and oxygen atoms in total. The first kappa shape index (κ1) is 17.4. The van der Waals surface area contributed by atoms with Gasteiger partial charge in [-0.05, 0) is 37.3 Å². The van der Waals surface area contributed by atoms with Crippen LogP contribution in [-0.4, -0.2) is 0 Å². The van der Waals surface area contributed by atoms with E-state index in [-0.39, 0.29) is 5.41 Å². The van der Waals surface area contributed by atoms with Crippen LogP contribution in [0.25, 0.3) is 0 Å². The maximum atomic E-state index is 3.89. The predicted molar refractivity (Wildman–Crippen MR) is 89.2 cm³/mol. The van der Waals surface area contributed by atoms with Crippen molar-refractivity contribution in [3.8, 4) is 0 Å². The normalized spacial score (nSPS) is 15.5. The molecular weight excluding hydrogens is 228 g/mol. The molecule has 0 aliphatic heterocycles. The molecule has 0 aliphatic rings. The molecule has 0 atom stereocenters. The molecule has 0 aromatic rings. The smallest absolute Gasteiger partial charge is 0.0173 e. The second kappa shape index (κ2) is 7.78. The van der Waals surface area contributed by atoms with E-state index in [1.165, 1.54) is 11.1 Å². The highest BCUT2D eigenvalue weighted by Gasteiger charge is 2.11. The van der Waals surface area contributed by atoms with E-state index in [4.69, 9.17) is 0 Å². The van der Waals surface area contributed by atoms with Gasteiger partial charge in [-0.2, -0.15) is 0 Å². The zero-order valence-corrected chi connectivity index (χ0v) is 13.4. The first-order valence-electron chi connectivity index (χ1n) is 6.72. The zero-order valence-electron chi connectivity index (χ0n) is 13.4. The summed E-state index contributed by atoms with van der Waals surface area (Å²) in [6.07, 6.45) is 12.2. The quantitative estimate of drug-likeness (QED) is 0.516. The molecule has 0 fully saturated rings. The first-order chi connectivity index (χ1) is 8.72. The van der Waals surface area contributed by atoms with E-state index in [1.807, 2.05) is 19.1 Å². The van der Waals surface area contributed by atoms with Crippen LogP contribution in [0.15, 0.2) is 71.9 Å². The minimum absolute atomic E-state index is 0.208. The van der Waals surface area contributed by atoms with E-state index in [0.717, 1.165) is 11.1 Å². The van der Waals surface area contributed by atoms with Gasteiger partial charge in [-0.25, -0.2) is 0 Å². The summed E-state index contributed by atoms with van der Waals surface area (Å²) in [4.78, 5) is 0. The van der Waals surface area contributed by atoms with E-state index < -0.39 is 0 Å². The van der Waals surface area contributed by atoms with Crippen molar-refractivity contribution in [2.24, 2.45) is 5.41 Å². The molecule has 0 aliphatic carbocycles. The largest absolute Gasteiger partial charge is 0.0988 e. The van der Waals surface area contributed by atoms with Crippen molar-refractivity contribution in [2.45, 2.75) is 41.5 Å². The predicted octanol–water partition coefficient (Wildman–Crippen LogP) is 6.17. The van der Waals surface area contributed by atoms with Gasteiger partial charge in [0.05, 0.1) is 0 Å². The second-order valence-corrected chi connectivity index (χ2v) is 5.89.